The highest BCUT2D eigenvalue weighted by Gasteiger charge is 2.12. The van der Waals surface area contributed by atoms with Crippen LogP contribution >= 0.6 is 0 Å². The minimum atomic E-state index is -0.209. The number of methoxy groups -OCH3 is 1. The van der Waals surface area contributed by atoms with Crippen molar-refractivity contribution in [2.24, 2.45) is 0 Å². The number of aromatic nitrogens is 2. The summed E-state index contributed by atoms with van der Waals surface area (Å²) in [5.74, 6) is 1.79. The summed E-state index contributed by atoms with van der Waals surface area (Å²) in [6, 6.07) is 19.7. The minimum absolute atomic E-state index is 0.0662. The van der Waals surface area contributed by atoms with E-state index in [9.17, 15) is 4.79 Å². The number of hydrogen-bond donors (Lipinski definition) is 2. The summed E-state index contributed by atoms with van der Waals surface area (Å²) in [5, 5.41) is 6.27. The van der Waals surface area contributed by atoms with Crippen LogP contribution in [0.1, 0.15) is 40.4 Å². The van der Waals surface area contributed by atoms with Crippen LogP contribution in [0.25, 0.3) is 0 Å². The van der Waals surface area contributed by atoms with E-state index in [1.807, 2.05) is 42.5 Å². The molecule has 0 saturated carbocycles. The Balaban J connectivity index is 1.59. The van der Waals surface area contributed by atoms with Gasteiger partial charge in [0.05, 0.1) is 7.11 Å². The molecular formula is C23H26N4O2. The van der Waals surface area contributed by atoms with E-state index in [4.69, 9.17) is 4.74 Å². The molecule has 0 fully saturated rings. The van der Waals surface area contributed by atoms with Crippen LogP contribution in [0.5, 0.6) is 5.75 Å². The molecule has 0 saturated heterocycles. The fourth-order valence-electron chi connectivity index (χ4n) is 3.01. The van der Waals surface area contributed by atoms with Gasteiger partial charge in [-0.15, -0.1) is 0 Å². The molecule has 6 nitrogen and oxygen atoms in total. The number of amides is 1. The number of carbonyl (C=O) groups excluding carboxylic acids is 1. The molecule has 2 N–H and O–H groups in total. The predicted molar refractivity (Wildman–Crippen MR) is 114 cm³/mol. The Hall–Kier alpha value is -3.41. The summed E-state index contributed by atoms with van der Waals surface area (Å²) in [4.78, 5) is 21.2. The molecular weight excluding hydrogens is 364 g/mol. The Bertz CT molecular complexity index is 943. The summed E-state index contributed by atoms with van der Waals surface area (Å²) in [7, 11) is 1.64. The normalized spacial score (nSPS) is 11.6. The van der Waals surface area contributed by atoms with Crippen molar-refractivity contribution in [3.63, 3.8) is 0 Å². The predicted octanol–water partition coefficient (Wildman–Crippen LogP) is 3.94. The molecule has 1 atom stereocenters. The second-order valence-corrected chi connectivity index (χ2v) is 6.82. The first kappa shape index (κ1) is 20.3. The van der Waals surface area contributed by atoms with E-state index in [1.54, 1.807) is 20.1 Å². The van der Waals surface area contributed by atoms with Crippen LogP contribution in [0.3, 0.4) is 0 Å². The molecule has 1 unspecified atom stereocenters. The Morgan fingerprint density at radius 3 is 2.48 bits per heavy atom. The standard InChI is InChI=1S/C23H26N4O2/c1-16(19-7-5-4-6-8-19)25-22-15-21(26-17(2)27-22)23(28)24-14-13-18-9-11-20(29-3)12-10-18/h4-12,15-16H,13-14H2,1-3H3,(H,24,28)(H,25,26,27). The number of carbonyl (C=O) groups is 1. The average Bonchev–Trinajstić information content (AvgIpc) is 2.74. The van der Waals surface area contributed by atoms with Crippen LogP contribution in [-0.4, -0.2) is 29.5 Å². The lowest BCUT2D eigenvalue weighted by Crippen LogP contribution is -2.27. The zero-order valence-corrected chi connectivity index (χ0v) is 17.0. The largest absolute Gasteiger partial charge is 0.497 e. The van der Waals surface area contributed by atoms with Gasteiger partial charge in [0, 0.05) is 18.7 Å². The van der Waals surface area contributed by atoms with E-state index < -0.39 is 0 Å². The van der Waals surface area contributed by atoms with Crippen molar-refractivity contribution in [1.29, 1.82) is 0 Å². The Morgan fingerprint density at radius 1 is 1.07 bits per heavy atom. The van der Waals surface area contributed by atoms with Gasteiger partial charge in [-0.3, -0.25) is 4.79 Å². The Labute approximate surface area is 171 Å². The molecule has 0 aliphatic rings. The maximum atomic E-state index is 12.5. The topological polar surface area (TPSA) is 76.1 Å². The van der Waals surface area contributed by atoms with Crippen LogP contribution in [0.2, 0.25) is 0 Å². The van der Waals surface area contributed by atoms with Gasteiger partial charge in [-0.1, -0.05) is 42.5 Å². The zero-order valence-electron chi connectivity index (χ0n) is 17.0. The number of benzene rings is 2. The van der Waals surface area contributed by atoms with Crippen molar-refractivity contribution in [2.75, 3.05) is 19.0 Å². The third-order valence-electron chi connectivity index (χ3n) is 4.59. The third-order valence-corrected chi connectivity index (χ3v) is 4.59. The molecule has 1 amide bonds. The first-order valence-electron chi connectivity index (χ1n) is 9.63. The van der Waals surface area contributed by atoms with Crippen molar-refractivity contribution in [3.8, 4) is 5.75 Å². The quantitative estimate of drug-likeness (QED) is 0.609. The van der Waals surface area contributed by atoms with E-state index in [0.29, 0.717) is 23.9 Å². The van der Waals surface area contributed by atoms with Gasteiger partial charge in [0.1, 0.15) is 23.1 Å². The summed E-state index contributed by atoms with van der Waals surface area (Å²) < 4.78 is 5.16. The Kier molecular flexibility index (Phi) is 6.79. The van der Waals surface area contributed by atoms with Crippen molar-refractivity contribution in [2.45, 2.75) is 26.3 Å². The molecule has 3 aromatic rings. The SMILES string of the molecule is COc1ccc(CCNC(=O)c2cc(NC(C)c3ccccc3)nc(C)n2)cc1. The van der Waals surface area contributed by atoms with Gasteiger partial charge < -0.3 is 15.4 Å². The number of anilines is 1. The number of rotatable bonds is 8. The van der Waals surface area contributed by atoms with Crippen molar-refractivity contribution < 1.29 is 9.53 Å². The van der Waals surface area contributed by atoms with Gasteiger partial charge in [0.15, 0.2) is 0 Å². The number of nitrogens with zero attached hydrogens (tertiary/aromatic N) is 2. The maximum absolute atomic E-state index is 12.5. The fourth-order valence-corrected chi connectivity index (χ4v) is 3.01. The van der Waals surface area contributed by atoms with E-state index in [1.165, 1.54) is 0 Å². The highest BCUT2D eigenvalue weighted by Crippen LogP contribution is 2.18. The highest BCUT2D eigenvalue weighted by atomic mass is 16.5. The first-order chi connectivity index (χ1) is 14.0. The molecule has 29 heavy (non-hydrogen) atoms. The van der Waals surface area contributed by atoms with Gasteiger partial charge in [-0.25, -0.2) is 9.97 Å². The van der Waals surface area contributed by atoms with Crippen molar-refractivity contribution >= 4 is 11.7 Å². The molecule has 2 aromatic carbocycles. The monoisotopic (exact) mass is 390 g/mol. The Morgan fingerprint density at radius 2 is 1.79 bits per heavy atom. The lowest BCUT2D eigenvalue weighted by Gasteiger charge is -2.16. The van der Waals surface area contributed by atoms with Crippen LogP contribution in [-0.2, 0) is 6.42 Å². The summed E-state index contributed by atoms with van der Waals surface area (Å²) in [6.07, 6.45) is 0.732. The number of aryl methyl sites for hydroxylation is 1. The molecule has 6 heteroatoms. The maximum Gasteiger partial charge on any atom is 0.270 e. The second kappa shape index (κ2) is 9.68. The van der Waals surface area contributed by atoms with Crippen LogP contribution in [0.4, 0.5) is 5.82 Å². The number of hydrogen-bond acceptors (Lipinski definition) is 5. The first-order valence-corrected chi connectivity index (χ1v) is 9.63. The van der Waals surface area contributed by atoms with Gasteiger partial charge in [-0.05, 0) is 43.5 Å². The van der Waals surface area contributed by atoms with Gasteiger partial charge in [-0.2, -0.15) is 0 Å². The fraction of sp³-hybridized carbons (Fsp3) is 0.261. The lowest BCUT2D eigenvalue weighted by molar-refractivity contribution is 0.0948. The van der Waals surface area contributed by atoms with Crippen LogP contribution in [0, 0.1) is 6.92 Å². The number of nitrogens with one attached hydrogen (secondary N) is 2. The van der Waals surface area contributed by atoms with Gasteiger partial charge in [0.2, 0.25) is 0 Å². The molecule has 0 bridgehead atoms. The zero-order chi connectivity index (χ0) is 20.6. The van der Waals surface area contributed by atoms with Crippen LogP contribution < -0.4 is 15.4 Å². The summed E-state index contributed by atoms with van der Waals surface area (Å²) >= 11 is 0. The molecule has 1 aromatic heterocycles. The summed E-state index contributed by atoms with van der Waals surface area (Å²) in [5.41, 5.74) is 2.63. The van der Waals surface area contributed by atoms with Gasteiger partial charge >= 0.3 is 0 Å². The molecule has 0 spiro atoms. The second-order valence-electron chi connectivity index (χ2n) is 6.82. The third kappa shape index (κ3) is 5.78. The summed E-state index contributed by atoms with van der Waals surface area (Å²) in [6.45, 7) is 4.37. The molecule has 0 aliphatic carbocycles. The van der Waals surface area contributed by atoms with E-state index in [2.05, 4.69) is 39.7 Å². The lowest BCUT2D eigenvalue weighted by atomic mass is 10.1. The smallest absolute Gasteiger partial charge is 0.270 e. The van der Waals surface area contributed by atoms with Crippen LogP contribution in [0.15, 0.2) is 60.7 Å². The van der Waals surface area contributed by atoms with E-state index in [0.717, 1.165) is 23.3 Å². The highest BCUT2D eigenvalue weighted by molar-refractivity contribution is 5.92. The number of ether oxygens (including phenoxy) is 1. The molecule has 150 valence electrons. The van der Waals surface area contributed by atoms with E-state index >= 15 is 0 Å². The molecule has 0 aliphatic heterocycles. The minimum Gasteiger partial charge on any atom is -0.497 e. The van der Waals surface area contributed by atoms with Crippen molar-refractivity contribution in [1.82, 2.24) is 15.3 Å². The van der Waals surface area contributed by atoms with Gasteiger partial charge in [0.25, 0.3) is 5.91 Å². The molecule has 3 rings (SSSR count). The molecule has 0 radical (unpaired) electrons. The average molecular weight is 390 g/mol. The van der Waals surface area contributed by atoms with Crippen molar-refractivity contribution in [3.05, 3.63) is 83.3 Å². The molecule has 1 heterocycles. The van der Waals surface area contributed by atoms with E-state index in [-0.39, 0.29) is 11.9 Å².